The molecule has 0 spiro atoms. The Morgan fingerprint density at radius 1 is 1.64 bits per heavy atom. The molecule has 1 fully saturated rings. The highest BCUT2D eigenvalue weighted by atomic mass is 16.3. The monoisotopic (exact) mass is 155 g/mol. The molecule has 2 nitrogen and oxygen atoms in total. The van der Waals surface area contributed by atoms with Gasteiger partial charge in [0.1, 0.15) is 0 Å². The SMILES string of the molecule is CC(C)=CCN1CCC(O)C1. The summed E-state index contributed by atoms with van der Waals surface area (Å²) >= 11 is 0. The zero-order valence-corrected chi connectivity index (χ0v) is 7.38. The fraction of sp³-hybridized carbons (Fsp3) is 0.778. The van der Waals surface area contributed by atoms with E-state index >= 15 is 0 Å². The molecule has 0 saturated carbocycles. The Morgan fingerprint density at radius 2 is 2.36 bits per heavy atom. The zero-order valence-electron chi connectivity index (χ0n) is 7.38. The number of allylic oxidation sites excluding steroid dienone is 1. The summed E-state index contributed by atoms with van der Waals surface area (Å²) in [6.45, 7) is 7.10. The second kappa shape index (κ2) is 3.88. The minimum atomic E-state index is -0.0828. The molecule has 1 heterocycles. The summed E-state index contributed by atoms with van der Waals surface area (Å²) < 4.78 is 0. The van der Waals surface area contributed by atoms with Gasteiger partial charge < -0.3 is 5.11 Å². The van der Waals surface area contributed by atoms with Gasteiger partial charge >= 0.3 is 0 Å². The van der Waals surface area contributed by atoms with Crippen LogP contribution < -0.4 is 0 Å². The average Bonchev–Trinajstić information content (AvgIpc) is 2.31. The van der Waals surface area contributed by atoms with Crippen molar-refractivity contribution >= 4 is 0 Å². The minimum Gasteiger partial charge on any atom is -0.392 e. The number of rotatable bonds is 2. The van der Waals surface area contributed by atoms with Crippen molar-refractivity contribution in [2.24, 2.45) is 0 Å². The van der Waals surface area contributed by atoms with E-state index in [2.05, 4.69) is 24.8 Å². The van der Waals surface area contributed by atoms with Crippen LogP contribution in [0.1, 0.15) is 20.3 Å². The van der Waals surface area contributed by atoms with Gasteiger partial charge in [-0.2, -0.15) is 0 Å². The lowest BCUT2D eigenvalue weighted by molar-refractivity contribution is 0.179. The Kier molecular flexibility index (Phi) is 3.09. The number of aliphatic hydroxyl groups is 1. The van der Waals surface area contributed by atoms with Gasteiger partial charge in [0.2, 0.25) is 0 Å². The van der Waals surface area contributed by atoms with Crippen molar-refractivity contribution in [3.8, 4) is 0 Å². The van der Waals surface area contributed by atoms with Crippen molar-refractivity contribution in [2.75, 3.05) is 19.6 Å². The smallest absolute Gasteiger partial charge is 0.0679 e. The predicted molar refractivity (Wildman–Crippen MR) is 46.5 cm³/mol. The second-order valence-electron chi connectivity index (χ2n) is 3.48. The number of nitrogens with zero attached hydrogens (tertiary/aromatic N) is 1. The highest BCUT2D eigenvalue weighted by Gasteiger charge is 2.18. The molecule has 1 saturated heterocycles. The molecule has 64 valence electrons. The van der Waals surface area contributed by atoms with Crippen LogP contribution in [0.3, 0.4) is 0 Å². The molecule has 0 aromatic heterocycles. The van der Waals surface area contributed by atoms with Crippen molar-refractivity contribution in [2.45, 2.75) is 26.4 Å². The summed E-state index contributed by atoms with van der Waals surface area (Å²) in [5.41, 5.74) is 1.35. The normalized spacial score (nSPS) is 25.5. The molecule has 0 aromatic rings. The second-order valence-corrected chi connectivity index (χ2v) is 3.48. The molecule has 0 aliphatic carbocycles. The van der Waals surface area contributed by atoms with Crippen LogP contribution in [-0.4, -0.2) is 35.7 Å². The lowest BCUT2D eigenvalue weighted by Crippen LogP contribution is -2.22. The van der Waals surface area contributed by atoms with Crippen LogP contribution in [-0.2, 0) is 0 Å². The number of likely N-dealkylation sites (tertiary alicyclic amines) is 1. The molecule has 1 atom stereocenters. The summed E-state index contributed by atoms with van der Waals surface area (Å²) in [7, 11) is 0. The van der Waals surface area contributed by atoms with E-state index in [4.69, 9.17) is 0 Å². The van der Waals surface area contributed by atoms with Crippen LogP contribution in [0.5, 0.6) is 0 Å². The molecule has 1 aliphatic heterocycles. The lowest BCUT2D eigenvalue weighted by Gasteiger charge is -2.11. The van der Waals surface area contributed by atoms with Gasteiger partial charge in [0, 0.05) is 19.6 Å². The summed E-state index contributed by atoms with van der Waals surface area (Å²) in [4.78, 5) is 2.28. The number of hydrogen-bond acceptors (Lipinski definition) is 2. The Hall–Kier alpha value is -0.340. The Balaban J connectivity index is 2.23. The van der Waals surface area contributed by atoms with Crippen LogP contribution >= 0.6 is 0 Å². The highest BCUT2D eigenvalue weighted by molar-refractivity contribution is 4.95. The molecule has 0 amide bonds. The quantitative estimate of drug-likeness (QED) is 0.602. The third kappa shape index (κ3) is 3.04. The van der Waals surface area contributed by atoms with E-state index in [1.165, 1.54) is 5.57 Å². The van der Waals surface area contributed by atoms with Gasteiger partial charge in [-0.1, -0.05) is 11.6 Å². The van der Waals surface area contributed by atoms with E-state index in [1.54, 1.807) is 0 Å². The van der Waals surface area contributed by atoms with Gasteiger partial charge in [-0.05, 0) is 20.3 Å². The van der Waals surface area contributed by atoms with E-state index in [9.17, 15) is 5.11 Å². The molecular weight excluding hydrogens is 138 g/mol. The lowest BCUT2D eigenvalue weighted by atomic mass is 10.3. The van der Waals surface area contributed by atoms with Crippen molar-refractivity contribution in [3.05, 3.63) is 11.6 Å². The van der Waals surface area contributed by atoms with Gasteiger partial charge in [-0.25, -0.2) is 0 Å². The molecule has 1 N–H and O–H groups in total. The standard InChI is InChI=1S/C9H17NO/c1-8(2)3-5-10-6-4-9(11)7-10/h3,9,11H,4-7H2,1-2H3. The van der Waals surface area contributed by atoms with Crippen LogP contribution in [0, 0.1) is 0 Å². The van der Waals surface area contributed by atoms with E-state index in [0.29, 0.717) is 0 Å². The number of hydrogen-bond donors (Lipinski definition) is 1. The molecule has 0 aromatic carbocycles. The maximum Gasteiger partial charge on any atom is 0.0679 e. The van der Waals surface area contributed by atoms with Crippen LogP contribution in [0.15, 0.2) is 11.6 Å². The third-order valence-corrected chi connectivity index (χ3v) is 2.01. The Bertz CT molecular complexity index is 150. The molecule has 1 unspecified atom stereocenters. The average molecular weight is 155 g/mol. The van der Waals surface area contributed by atoms with E-state index in [1.807, 2.05) is 0 Å². The maximum atomic E-state index is 9.20. The molecule has 1 rings (SSSR count). The highest BCUT2D eigenvalue weighted by Crippen LogP contribution is 2.08. The largest absolute Gasteiger partial charge is 0.392 e. The fourth-order valence-corrected chi connectivity index (χ4v) is 1.29. The van der Waals surface area contributed by atoms with Gasteiger partial charge in [0.25, 0.3) is 0 Å². The van der Waals surface area contributed by atoms with E-state index < -0.39 is 0 Å². The topological polar surface area (TPSA) is 23.5 Å². The Morgan fingerprint density at radius 3 is 2.82 bits per heavy atom. The Labute approximate surface area is 68.5 Å². The first-order chi connectivity index (χ1) is 5.18. The van der Waals surface area contributed by atoms with E-state index in [0.717, 1.165) is 26.1 Å². The molecule has 2 heteroatoms. The maximum absolute atomic E-state index is 9.20. The fourth-order valence-electron chi connectivity index (χ4n) is 1.29. The summed E-state index contributed by atoms with van der Waals surface area (Å²) in [5.74, 6) is 0. The van der Waals surface area contributed by atoms with Crippen molar-refractivity contribution < 1.29 is 5.11 Å². The molecular formula is C9H17NO. The first-order valence-electron chi connectivity index (χ1n) is 4.22. The van der Waals surface area contributed by atoms with Crippen LogP contribution in [0.25, 0.3) is 0 Å². The van der Waals surface area contributed by atoms with Crippen LogP contribution in [0.2, 0.25) is 0 Å². The summed E-state index contributed by atoms with van der Waals surface area (Å²) in [6.07, 6.45) is 3.06. The van der Waals surface area contributed by atoms with Gasteiger partial charge in [-0.3, -0.25) is 4.90 Å². The molecule has 11 heavy (non-hydrogen) atoms. The van der Waals surface area contributed by atoms with Crippen molar-refractivity contribution in [1.29, 1.82) is 0 Å². The third-order valence-electron chi connectivity index (χ3n) is 2.01. The van der Waals surface area contributed by atoms with Gasteiger partial charge in [-0.15, -0.1) is 0 Å². The summed E-state index contributed by atoms with van der Waals surface area (Å²) in [5, 5.41) is 9.20. The number of β-amino-alcohol motifs (C(OH)–C–C–N with tert-alkyl or cyclic N) is 1. The summed E-state index contributed by atoms with van der Waals surface area (Å²) in [6, 6.07) is 0. The minimum absolute atomic E-state index is 0.0828. The molecule has 1 aliphatic rings. The van der Waals surface area contributed by atoms with E-state index in [-0.39, 0.29) is 6.10 Å². The number of aliphatic hydroxyl groups excluding tert-OH is 1. The van der Waals surface area contributed by atoms with Gasteiger partial charge in [0.05, 0.1) is 6.10 Å². The van der Waals surface area contributed by atoms with Crippen molar-refractivity contribution in [3.63, 3.8) is 0 Å². The first-order valence-corrected chi connectivity index (χ1v) is 4.22. The first kappa shape index (κ1) is 8.75. The molecule has 0 radical (unpaired) electrons. The molecule has 0 bridgehead atoms. The zero-order chi connectivity index (χ0) is 8.27. The van der Waals surface area contributed by atoms with Crippen molar-refractivity contribution in [1.82, 2.24) is 4.90 Å². The van der Waals surface area contributed by atoms with Crippen LogP contribution in [0.4, 0.5) is 0 Å². The predicted octanol–water partition coefficient (Wildman–Crippen LogP) is 1.02. The van der Waals surface area contributed by atoms with Gasteiger partial charge in [0.15, 0.2) is 0 Å².